The first-order chi connectivity index (χ1) is 8.58. The van der Waals surface area contributed by atoms with E-state index < -0.39 is 4.92 Å². The summed E-state index contributed by atoms with van der Waals surface area (Å²) in [4.78, 5) is 10.0. The van der Waals surface area contributed by atoms with Crippen molar-refractivity contribution in [2.75, 3.05) is 20.3 Å². The molecule has 0 amide bonds. The number of aliphatic hydroxyl groups excluding tert-OH is 1. The lowest BCUT2D eigenvalue weighted by Crippen LogP contribution is -2.35. The van der Waals surface area contributed by atoms with Crippen LogP contribution in [0, 0.1) is 10.1 Å². The van der Waals surface area contributed by atoms with Crippen LogP contribution in [-0.4, -0.2) is 36.4 Å². The number of halogens is 1. The summed E-state index contributed by atoms with van der Waals surface area (Å²) < 4.78 is 4.92. The Bertz CT molecular complexity index is 414. The van der Waals surface area contributed by atoms with Crippen LogP contribution in [0.5, 0.6) is 0 Å². The monoisotopic (exact) mass is 274 g/mol. The van der Waals surface area contributed by atoms with Crippen LogP contribution in [0.25, 0.3) is 0 Å². The number of benzene rings is 1. The molecule has 1 unspecified atom stereocenters. The van der Waals surface area contributed by atoms with Crippen molar-refractivity contribution in [3.8, 4) is 0 Å². The number of nitrogens with zero attached hydrogens (tertiary/aromatic N) is 1. The molecule has 0 aliphatic rings. The molecule has 0 aliphatic carbocycles. The topological polar surface area (TPSA) is 84.6 Å². The molecular weight excluding hydrogens is 260 g/mol. The average molecular weight is 275 g/mol. The van der Waals surface area contributed by atoms with Gasteiger partial charge in [0.15, 0.2) is 0 Å². The van der Waals surface area contributed by atoms with Crippen LogP contribution < -0.4 is 5.32 Å². The number of hydrogen-bond donors (Lipinski definition) is 2. The van der Waals surface area contributed by atoms with Crippen molar-refractivity contribution >= 4 is 17.3 Å². The molecule has 100 valence electrons. The first kappa shape index (κ1) is 14.8. The minimum atomic E-state index is -0.495. The molecule has 7 heteroatoms. The Hall–Kier alpha value is -1.21. The van der Waals surface area contributed by atoms with Gasteiger partial charge in [0, 0.05) is 25.8 Å². The fourth-order valence-electron chi connectivity index (χ4n) is 1.42. The summed E-state index contributed by atoms with van der Waals surface area (Å²) in [7, 11) is 1.54. The molecular formula is C11H15ClN2O4. The van der Waals surface area contributed by atoms with Gasteiger partial charge >= 0.3 is 0 Å². The predicted octanol–water partition coefficient (Wildman–Crippen LogP) is 1.35. The first-order valence-electron chi connectivity index (χ1n) is 5.34. The van der Waals surface area contributed by atoms with E-state index >= 15 is 0 Å². The standard InChI is InChI=1S/C11H15ClN2O4/c1-18-7-9(6-15)13-5-8-2-3-10(14(16)17)4-11(8)12/h2-4,9,13,15H,5-7H2,1H3. The highest BCUT2D eigenvalue weighted by Gasteiger charge is 2.11. The van der Waals surface area contributed by atoms with E-state index in [4.69, 9.17) is 21.4 Å². The summed E-state index contributed by atoms with van der Waals surface area (Å²) in [5, 5.41) is 23.0. The molecule has 0 aliphatic heterocycles. The summed E-state index contributed by atoms with van der Waals surface area (Å²) >= 11 is 5.94. The quantitative estimate of drug-likeness (QED) is 0.579. The van der Waals surface area contributed by atoms with Gasteiger partial charge in [0.25, 0.3) is 5.69 Å². The maximum Gasteiger partial charge on any atom is 0.270 e. The van der Waals surface area contributed by atoms with E-state index in [0.717, 1.165) is 5.56 Å². The molecule has 2 N–H and O–H groups in total. The Morgan fingerprint density at radius 1 is 1.61 bits per heavy atom. The number of methoxy groups -OCH3 is 1. The van der Waals surface area contributed by atoms with E-state index in [9.17, 15) is 10.1 Å². The maximum absolute atomic E-state index is 10.5. The fraction of sp³-hybridized carbons (Fsp3) is 0.455. The molecule has 1 aromatic carbocycles. The van der Waals surface area contributed by atoms with Crippen molar-refractivity contribution in [1.82, 2.24) is 5.32 Å². The normalized spacial score (nSPS) is 12.4. The summed E-state index contributed by atoms with van der Waals surface area (Å²) in [6.45, 7) is 0.727. The van der Waals surface area contributed by atoms with Gasteiger partial charge in [-0.05, 0) is 11.6 Å². The van der Waals surface area contributed by atoms with Crippen LogP contribution in [-0.2, 0) is 11.3 Å². The SMILES string of the molecule is COCC(CO)NCc1ccc([N+](=O)[O-])cc1Cl. The Labute approximate surface area is 110 Å². The Kier molecular flexibility index (Phi) is 6.00. The number of hydrogen-bond acceptors (Lipinski definition) is 5. The minimum absolute atomic E-state index is 0.0423. The van der Waals surface area contributed by atoms with Crippen molar-refractivity contribution in [2.24, 2.45) is 0 Å². The number of nitro benzene ring substituents is 1. The number of ether oxygens (including phenoxy) is 1. The van der Waals surface area contributed by atoms with Crippen molar-refractivity contribution in [3.05, 3.63) is 38.9 Å². The molecule has 1 atom stereocenters. The zero-order chi connectivity index (χ0) is 13.5. The van der Waals surface area contributed by atoms with Crippen LogP contribution in [0.3, 0.4) is 0 Å². The van der Waals surface area contributed by atoms with Crippen LogP contribution >= 0.6 is 11.6 Å². The zero-order valence-electron chi connectivity index (χ0n) is 9.93. The van der Waals surface area contributed by atoms with Crippen LogP contribution in [0.2, 0.25) is 5.02 Å². The zero-order valence-corrected chi connectivity index (χ0v) is 10.7. The van der Waals surface area contributed by atoms with Crippen LogP contribution in [0.15, 0.2) is 18.2 Å². The highest BCUT2D eigenvalue weighted by atomic mass is 35.5. The molecule has 1 aromatic rings. The van der Waals surface area contributed by atoms with Crippen LogP contribution in [0.4, 0.5) is 5.69 Å². The predicted molar refractivity (Wildman–Crippen MR) is 67.7 cm³/mol. The third kappa shape index (κ3) is 4.23. The molecule has 0 saturated heterocycles. The van der Waals surface area contributed by atoms with Gasteiger partial charge in [-0.1, -0.05) is 11.6 Å². The minimum Gasteiger partial charge on any atom is -0.395 e. The van der Waals surface area contributed by atoms with E-state index in [-0.39, 0.29) is 18.3 Å². The average Bonchev–Trinajstić information content (AvgIpc) is 2.35. The van der Waals surface area contributed by atoms with Crippen molar-refractivity contribution in [2.45, 2.75) is 12.6 Å². The Morgan fingerprint density at radius 3 is 2.83 bits per heavy atom. The van der Waals surface area contributed by atoms with E-state index in [1.54, 1.807) is 13.2 Å². The highest BCUT2D eigenvalue weighted by molar-refractivity contribution is 6.31. The molecule has 0 aromatic heterocycles. The second kappa shape index (κ2) is 7.27. The lowest BCUT2D eigenvalue weighted by atomic mass is 10.2. The second-order valence-electron chi connectivity index (χ2n) is 3.75. The number of rotatable bonds is 7. The van der Waals surface area contributed by atoms with Crippen molar-refractivity contribution in [3.63, 3.8) is 0 Å². The molecule has 0 bridgehead atoms. The van der Waals surface area contributed by atoms with E-state index in [1.165, 1.54) is 12.1 Å². The van der Waals surface area contributed by atoms with Gasteiger partial charge < -0.3 is 15.2 Å². The highest BCUT2D eigenvalue weighted by Crippen LogP contribution is 2.22. The van der Waals surface area contributed by atoms with E-state index in [2.05, 4.69) is 5.32 Å². The molecule has 0 saturated carbocycles. The fourth-order valence-corrected chi connectivity index (χ4v) is 1.67. The van der Waals surface area contributed by atoms with Gasteiger partial charge in [-0.25, -0.2) is 0 Å². The molecule has 0 radical (unpaired) electrons. The molecule has 6 nitrogen and oxygen atoms in total. The third-order valence-electron chi connectivity index (χ3n) is 2.42. The van der Waals surface area contributed by atoms with Gasteiger partial charge in [-0.2, -0.15) is 0 Å². The summed E-state index contributed by atoms with van der Waals surface area (Å²) in [5.41, 5.74) is 0.691. The number of aliphatic hydroxyl groups is 1. The lowest BCUT2D eigenvalue weighted by molar-refractivity contribution is -0.384. The van der Waals surface area contributed by atoms with Gasteiger partial charge in [0.05, 0.1) is 29.2 Å². The molecule has 0 spiro atoms. The summed E-state index contributed by atoms with van der Waals surface area (Å²) in [5.74, 6) is 0. The first-order valence-corrected chi connectivity index (χ1v) is 5.72. The Balaban J connectivity index is 2.65. The third-order valence-corrected chi connectivity index (χ3v) is 2.77. The van der Waals surface area contributed by atoms with Gasteiger partial charge in [0.1, 0.15) is 0 Å². The second-order valence-corrected chi connectivity index (χ2v) is 4.16. The lowest BCUT2D eigenvalue weighted by Gasteiger charge is -2.15. The van der Waals surface area contributed by atoms with E-state index in [1.807, 2.05) is 0 Å². The smallest absolute Gasteiger partial charge is 0.270 e. The number of nitro groups is 1. The summed E-state index contributed by atoms with van der Waals surface area (Å²) in [6.07, 6.45) is 0. The summed E-state index contributed by atoms with van der Waals surface area (Å²) in [6, 6.07) is 4.10. The van der Waals surface area contributed by atoms with E-state index in [0.29, 0.717) is 18.2 Å². The number of nitrogens with one attached hydrogen (secondary N) is 1. The molecule has 18 heavy (non-hydrogen) atoms. The van der Waals surface area contributed by atoms with Gasteiger partial charge in [-0.15, -0.1) is 0 Å². The molecule has 0 fully saturated rings. The molecule has 1 rings (SSSR count). The van der Waals surface area contributed by atoms with Gasteiger partial charge in [-0.3, -0.25) is 10.1 Å². The van der Waals surface area contributed by atoms with Crippen LogP contribution in [0.1, 0.15) is 5.56 Å². The molecule has 0 heterocycles. The Morgan fingerprint density at radius 2 is 2.33 bits per heavy atom. The van der Waals surface area contributed by atoms with Crippen molar-refractivity contribution in [1.29, 1.82) is 0 Å². The largest absolute Gasteiger partial charge is 0.395 e. The maximum atomic E-state index is 10.5. The van der Waals surface area contributed by atoms with Gasteiger partial charge in [0.2, 0.25) is 0 Å². The van der Waals surface area contributed by atoms with Crippen molar-refractivity contribution < 1.29 is 14.8 Å². The number of non-ortho nitro benzene ring substituents is 1.